The second kappa shape index (κ2) is 7.15. The Balaban J connectivity index is 1.44. The Morgan fingerprint density at radius 2 is 2.04 bits per heavy atom. The third-order valence-electron chi connectivity index (χ3n) is 5.17. The van der Waals surface area contributed by atoms with Gasteiger partial charge in [0.05, 0.1) is 6.33 Å². The van der Waals surface area contributed by atoms with Crippen molar-refractivity contribution in [2.75, 3.05) is 11.1 Å². The zero-order valence-corrected chi connectivity index (χ0v) is 15.8. The molecule has 7 nitrogen and oxygen atoms in total. The van der Waals surface area contributed by atoms with Crippen molar-refractivity contribution in [1.29, 1.82) is 0 Å². The number of amides is 1. The summed E-state index contributed by atoms with van der Waals surface area (Å²) < 4.78 is 2.01. The van der Waals surface area contributed by atoms with Crippen molar-refractivity contribution in [3.8, 4) is 0 Å². The molecule has 8 heteroatoms. The number of nitrogen functional groups attached to an aromatic ring is 1. The predicted octanol–water partition coefficient (Wildman–Crippen LogP) is 3.74. The van der Waals surface area contributed by atoms with E-state index in [4.69, 9.17) is 17.3 Å². The van der Waals surface area contributed by atoms with Crippen molar-refractivity contribution in [3.63, 3.8) is 0 Å². The maximum absolute atomic E-state index is 12.6. The topological polar surface area (TPSA) is 98.7 Å². The fraction of sp³-hybridized carbons (Fsp3) is 0.368. The van der Waals surface area contributed by atoms with E-state index in [1.165, 1.54) is 0 Å². The third kappa shape index (κ3) is 3.60. The van der Waals surface area contributed by atoms with Gasteiger partial charge in [-0.2, -0.15) is 9.97 Å². The summed E-state index contributed by atoms with van der Waals surface area (Å²) >= 11 is 5.95. The van der Waals surface area contributed by atoms with Gasteiger partial charge in [-0.3, -0.25) is 4.79 Å². The van der Waals surface area contributed by atoms with Crippen molar-refractivity contribution < 1.29 is 4.79 Å². The van der Waals surface area contributed by atoms with Gasteiger partial charge in [0, 0.05) is 17.6 Å². The molecule has 0 unspecified atom stereocenters. The molecule has 0 radical (unpaired) electrons. The number of carbonyl (C=O) groups excluding carboxylic acids is 1. The number of anilines is 2. The van der Waals surface area contributed by atoms with Gasteiger partial charge in [0.15, 0.2) is 11.5 Å². The van der Waals surface area contributed by atoms with Gasteiger partial charge in [-0.1, -0.05) is 12.1 Å². The second-order valence-corrected chi connectivity index (χ2v) is 7.40. The van der Waals surface area contributed by atoms with E-state index < -0.39 is 0 Å². The summed E-state index contributed by atoms with van der Waals surface area (Å²) in [5.41, 5.74) is 9.08. The molecular formula is C19H21ClN6O. The first-order valence-electron chi connectivity index (χ1n) is 9.04. The largest absolute Gasteiger partial charge is 0.382 e. The van der Waals surface area contributed by atoms with Gasteiger partial charge in [0.1, 0.15) is 5.52 Å². The van der Waals surface area contributed by atoms with Crippen LogP contribution < -0.4 is 11.1 Å². The molecule has 0 spiro atoms. The quantitative estimate of drug-likeness (QED) is 0.670. The van der Waals surface area contributed by atoms with Crippen LogP contribution in [-0.2, 0) is 4.79 Å². The van der Waals surface area contributed by atoms with E-state index >= 15 is 0 Å². The number of nitrogens with two attached hydrogens (primary N) is 1. The highest BCUT2D eigenvalue weighted by Gasteiger charge is 2.28. The number of rotatable bonds is 3. The summed E-state index contributed by atoms with van der Waals surface area (Å²) in [5.74, 6) is 0.388. The smallest absolute Gasteiger partial charge is 0.227 e. The molecule has 1 saturated carbocycles. The van der Waals surface area contributed by atoms with E-state index in [2.05, 4.69) is 20.3 Å². The molecule has 4 rings (SSSR count). The minimum atomic E-state index is 0.0137. The zero-order valence-electron chi connectivity index (χ0n) is 15.0. The van der Waals surface area contributed by atoms with Crippen LogP contribution in [0, 0.1) is 12.8 Å². The SMILES string of the molecule is Cc1cccc(NC(=O)C2CCC(n3cnc4c(N)nc(Cl)nc43)CC2)c1. The molecule has 3 aromatic rings. The summed E-state index contributed by atoms with van der Waals surface area (Å²) in [6.45, 7) is 2.01. The molecular weight excluding hydrogens is 364 g/mol. The normalized spacial score (nSPS) is 19.9. The van der Waals surface area contributed by atoms with Crippen LogP contribution in [0.3, 0.4) is 0 Å². The van der Waals surface area contributed by atoms with Gasteiger partial charge < -0.3 is 15.6 Å². The Hall–Kier alpha value is -2.67. The van der Waals surface area contributed by atoms with Crippen LogP contribution in [0.5, 0.6) is 0 Å². The van der Waals surface area contributed by atoms with Crippen molar-refractivity contribution in [2.24, 2.45) is 5.92 Å². The molecule has 0 aliphatic heterocycles. The number of hydrogen-bond acceptors (Lipinski definition) is 5. The van der Waals surface area contributed by atoms with E-state index in [1.54, 1.807) is 6.33 Å². The van der Waals surface area contributed by atoms with E-state index in [1.807, 2.05) is 35.8 Å². The summed E-state index contributed by atoms with van der Waals surface area (Å²) in [6.07, 6.45) is 5.12. The Kier molecular flexibility index (Phi) is 4.70. The van der Waals surface area contributed by atoms with Gasteiger partial charge in [0.2, 0.25) is 11.2 Å². The molecule has 1 aliphatic rings. The standard InChI is InChI=1S/C19H21ClN6O/c1-11-3-2-4-13(9-11)23-18(27)12-5-7-14(8-6-12)26-10-22-15-16(21)24-19(20)25-17(15)26/h2-4,9-10,12,14H,5-8H2,1H3,(H,23,27)(H2,21,24,25). The van der Waals surface area contributed by atoms with Crippen molar-refractivity contribution in [1.82, 2.24) is 19.5 Å². The van der Waals surface area contributed by atoms with E-state index in [-0.39, 0.29) is 29.0 Å². The minimum absolute atomic E-state index is 0.0137. The maximum atomic E-state index is 12.6. The molecule has 1 amide bonds. The first kappa shape index (κ1) is 17.7. The number of imidazole rings is 1. The van der Waals surface area contributed by atoms with Crippen molar-refractivity contribution in [2.45, 2.75) is 38.6 Å². The number of halogens is 1. The molecule has 2 heterocycles. The number of aryl methyl sites for hydroxylation is 1. The average molecular weight is 385 g/mol. The average Bonchev–Trinajstić information content (AvgIpc) is 3.06. The molecule has 27 heavy (non-hydrogen) atoms. The lowest BCUT2D eigenvalue weighted by molar-refractivity contribution is -0.120. The van der Waals surface area contributed by atoms with Crippen molar-refractivity contribution >= 4 is 40.2 Å². The van der Waals surface area contributed by atoms with Crippen LogP contribution in [0.2, 0.25) is 5.28 Å². The van der Waals surface area contributed by atoms with Gasteiger partial charge in [0.25, 0.3) is 0 Å². The highest BCUT2D eigenvalue weighted by atomic mass is 35.5. The summed E-state index contributed by atoms with van der Waals surface area (Å²) in [5, 5.41) is 3.15. The van der Waals surface area contributed by atoms with Crippen LogP contribution in [0.1, 0.15) is 37.3 Å². The van der Waals surface area contributed by atoms with Gasteiger partial charge in [-0.15, -0.1) is 0 Å². The molecule has 0 bridgehead atoms. The molecule has 0 saturated heterocycles. The summed E-state index contributed by atoms with van der Waals surface area (Å²) in [6, 6.07) is 8.09. The molecule has 1 aromatic carbocycles. The van der Waals surface area contributed by atoms with Crippen molar-refractivity contribution in [3.05, 3.63) is 41.4 Å². The fourth-order valence-electron chi connectivity index (χ4n) is 3.76. The van der Waals surface area contributed by atoms with Crippen LogP contribution in [0.4, 0.5) is 11.5 Å². The number of nitrogens with one attached hydrogen (secondary N) is 1. The first-order valence-corrected chi connectivity index (χ1v) is 9.42. The van der Waals surface area contributed by atoms with E-state index in [0.29, 0.717) is 11.2 Å². The number of nitrogens with zero attached hydrogens (tertiary/aromatic N) is 4. The monoisotopic (exact) mass is 384 g/mol. The Bertz CT molecular complexity index is 993. The Morgan fingerprint density at radius 3 is 2.78 bits per heavy atom. The summed E-state index contributed by atoms with van der Waals surface area (Å²) in [7, 11) is 0. The fourth-order valence-corrected chi connectivity index (χ4v) is 3.93. The first-order chi connectivity index (χ1) is 13.0. The number of benzene rings is 1. The molecule has 1 fully saturated rings. The molecule has 1 aliphatic carbocycles. The predicted molar refractivity (Wildman–Crippen MR) is 106 cm³/mol. The number of fused-ring (bicyclic) bond motifs is 1. The number of hydrogen-bond donors (Lipinski definition) is 2. The second-order valence-electron chi connectivity index (χ2n) is 7.07. The highest BCUT2D eigenvalue weighted by Crippen LogP contribution is 2.35. The lowest BCUT2D eigenvalue weighted by atomic mass is 9.85. The van der Waals surface area contributed by atoms with Crippen LogP contribution in [-0.4, -0.2) is 25.4 Å². The summed E-state index contributed by atoms with van der Waals surface area (Å²) in [4.78, 5) is 25.1. The number of aromatic nitrogens is 4. The van der Waals surface area contributed by atoms with Crippen LogP contribution in [0.15, 0.2) is 30.6 Å². The Labute approximate surface area is 162 Å². The lowest BCUT2D eigenvalue weighted by Gasteiger charge is -2.28. The van der Waals surface area contributed by atoms with E-state index in [0.717, 1.165) is 36.9 Å². The molecule has 2 aromatic heterocycles. The molecule has 0 atom stereocenters. The zero-order chi connectivity index (χ0) is 19.0. The van der Waals surface area contributed by atoms with Gasteiger partial charge in [-0.05, 0) is 61.9 Å². The van der Waals surface area contributed by atoms with Crippen LogP contribution >= 0.6 is 11.6 Å². The van der Waals surface area contributed by atoms with E-state index in [9.17, 15) is 4.79 Å². The minimum Gasteiger partial charge on any atom is -0.382 e. The van der Waals surface area contributed by atoms with Crippen LogP contribution in [0.25, 0.3) is 11.2 Å². The maximum Gasteiger partial charge on any atom is 0.227 e. The van der Waals surface area contributed by atoms with Gasteiger partial charge in [-0.25, -0.2) is 4.98 Å². The lowest BCUT2D eigenvalue weighted by Crippen LogP contribution is -2.28. The molecule has 140 valence electrons. The Morgan fingerprint density at radius 1 is 1.26 bits per heavy atom. The van der Waals surface area contributed by atoms with Gasteiger partial charge >= 0.3 is 0 Å². The molecule has 3 N–H and O–H groups in total. The third-order valence-corrected chi connectivity index (χ3v) is 5.34. The number of carbonyl (C=O) groups is 1. The highest BCUT2D eigenvalue weighted by molar-refractivity contribution is 6.28.